The molecule has 1 saturated carbocycles. The molecule has 0 saturated heterocycles. The van der Waals surface area contributed by atoms with E-state index in [0.717, 1.165) is 25.0 Å². The van der Waals surface area contributed by atoms with Gasteiger partial charge in [0.1, 0.15) is 5.82 Å². The number of nitrogens with zero attached hydrogens (tertiary/aromatic N) is 1. The third-order valence-electron chi connectivity index (χ3n) is 3.44. The van der Waals surface area contributed by atoms with Gasteiger partial charge in [0.2, 0.25) is 10.0 Å². The zero-order valence-corrected chi connectivity index (χ0v) is 12.9. The molecule has 1 aromatic rings. The monoisotopic (exact) mass is 314 g/mol. The van der Waals surface area contributed by atoms with Gasteiger partial charge in [0.25, 0.3) is 5.91 Å². The van der Waals surface area contributed by atoms with Crippen molar-refractivity contribution in [3.8, 4) is 0 Å². The highest BCUT2D eigenvalue weighted by atomic mass is 32.2. The number of rotatable bonds is 6. The largest absolute Gasteiger partial charge is 0.349 e. The first-order valence-corrected chi connectivity index (χ1v) is 8.44. The maximum atomic E-state index is 13.8. The van der Waals surface area contributed by atoms with Gasteiger partial charge in [-0.3, -0.25) is 4.79 Å². The number of benzene rings is 1. The van der Waals surface area contributed by atoms with Crippen LogP contribution in [0.1, 0.15) is 37.0 Å². The van der Waals surface area contributed by atoms with Crippen molar-refractivity contribution in [2.45, 2.75) is 37.6 Å². The molecular formula is C14H19FN2O3S. The molecule has 0 heterocycles. The van der Waals surface area contributed by atoms with E-state index in [9.17, 15) is 17.6 Å². The summed E-state index contributed by atoms with van der Waals surface area (Å²) in [6.07, 6.45) is 1.76. The molecule has 21 heavy (non-hydrogen) atoms. The summed E-state index contributed by atoms with van der Waals surface area (Å²) < 4.78 is 39.8. The van der Waals surface area contributed by atoms with Crippen molar-refractivity contribution >= 4 is 15.9 Å². The van der Waals surface area contributed by atoms with Crippen molar-refractivity contribution in [3.05, 3.63) is 29.6 Å². The SMILES string of the molecule is CCN(CC)S(=O)(=O)c1ccc(F)c(C(=O)NC2CC2)c1. The lowest BCUT2D eigenvalue weighted by Crippen LogP contribution is -2.31. The molecule has 5 nitrogen and oxygen atoms in total. The first-order valence-electron chi connectivity index (χ1n) is 7.00. The molecule has 0 unspecified atom stereocenters. The van der Waals surface area contributed by atoms with E-state index < -0.39 is 21.7 Å². The molecule has 7 heteroatoms. The van der Waals surface area contributed by atoms with Gasteiger partial charge < -0.3 is 5.32 Å². The molecule has 0 aromatic heterocycles. The van der Waals surface area contributed by atoms with Gasteiger partial charge in [0, 0.05) is 19.1 Å². The fraction of sp³-hybridized carbons (Fsp3) is 0.500. The topological polar surface area (TPSA) is 66.5 Å². The molecule has 0 radical (unpaired) electrons. The van der Waals surface area contributed by atoms with Gasteiger partial charge in [-0.15, -0.1) is 0 Å². The summed E-state index contributed by atoms with van der Waals surface area (Å²) in [4.78, 5) is 11.9. The van der Waals surface area contributed by atoms with E-state index in [4.69, 9.17) is 0 Å². The Kier molecular flexibility index (Phi) is 4.63. The first-order chi connectivity index (χ1) is 9.90. The Morgan fingerprint density at radius 2 is 1.95 bits per heavy atom. The molecule has 0 aliphatic heterocycles. The Hall–Kier alpha value is -1.47. The first kappa shape index (κ1) is 15.9. The van der Waals surface area contributed by atoms with E-state index >= 15 is 0 Å². The number of carbonyl (C=O) groups excluding carboxylic acids is 1. The highest BCUT2D eigenvalue weighted by Crippen LogP contribution is 2.22. The average molecular weight is 314 g/mol. The summed E-state index contributed by atoms with van der Waals surface area (Å²) in [5, 5.41) is 2.66. The molecular weight excluding hydrogens is 295 g/mol. The zero-order valence-electron chi connectivity index (χ0n) is 12.1. The molecule has 1 aromatic carbocycles. The van der Waals surface area contributed by atoms with Gasteiger partial charge in [-0.1, -0.05) is 13.8 Å². The van der Waals surface area contributed by atoms with Crippen molar-refractivity contribution < 1.29 is 17.6 Å². The molecule has 0 bridgehead atoms. The summed E-state index contributed by atoms with van der Waals surface area (Å²) >= 11 is 0. The van der Waals surface area contributed by atoms with Crippen LogP contribution in [0.15, 0.2) is 23.1 Å². The van der Waals surface area contributed by atoms with Crippen LogP contribution in [0, 0.1) is 5.82 Å². The van der Waals surface area contributed by atoms with Crippen LogP contribution < -0.4 is 5.32 Å². The number of hydrogen-bond acceptors (Lipinski definition) is 3. The maximum Gasteiger partial charge on any atom is 0.254 e. The predicted octanol–water partition coefficient (Wildman–Crippen LogP) is 1.75. The van der Waals surface area contributed by atoms with E-state index in [1.807, 2.05) is 0 Å². The predicted molar refractivity (Wildman–Crippen MR) is 77.0 cm³/mol. The van der Waals surface area contributed by atoms with Crippen LogP contribution >= 0.6 is 0 Å². The molecule has 0 atom stereocenters. The Bertz CT molecular complexity index is 638. The Labute approximate surface area is 124 Å². The number of halogens is 1. The third-order valence-corrected chi connectivity index (χ3v) is 5.48. The lowest BCUT2D eigenvalue weighted by Gasteiger charge is -2.18. The van der Waals surface area contributed by atoms with Gasteiger partial charge in [0.05, 0.1) is 10.5 Å². The van der Waals surface area contributed by atoms with Crippen LogP contribution in [0.3, 0.4) is 0 Å². The van der Waals surface area contributed by atoms with E-state index in [-0.39, 0.29) is 16.5 Å². The minimum absolute atomic E-state index is 0.0615. The van der Waals surface area contributed by atoms with E-state index in [1.165, 1.54) is 10.4 Å². The van der Waals surface area contributed by atoms with Crippen molar-refractivity contribution in [3.63, 3.8) is 0 Å². The molecule has 1 amide bonds. The summed E-state index contributed by atoms with van der Waals surface area (Å²) in [7, 11) is -3.70. The van der Waals surface area contributed by atoms with Crippen molar-refractivity contribution in [2.24, 2.45) is 0 Å². The zero-order chi connectivity index (χ0) is 15.6. The molecule has 0 spiro atoms. The Balaban J connectivity index is 2.35. The van der Waals surface area contributed by atoms with Crippen molar-refractivity contribution in [1.82, 2.24) is 9.62 Å². The summed E-state index contributed by atoms with van der Waals surface area (Å²) in [6.45, 7) is 4.09. The van der Waals surface area contributed by atoms with E-state index in [1.54, 1.807) is 13.8 Å². The van der Waals surface area contributed by atoms with Gasteiger partial charge in [-0.2, -0.15) is 4.31 Å². The molecule has 2 rings (SSSR count). The maximum absolute atomic E-state index is 13.8. The van der Waals surface area contributed by atoms with Crippen molar-refractivity contribution in [1.29, 1.82) is 0 Å². The number of amides is 1. The minimum atomic E-state index is -3.70. The minimum Gasteiger partial charge on any atom is -0.349 e. The normalized spacial score (nSPS) is 15.2. The Morgan fingerprint density at radius 3 is 2.48 bits per heavy atom. The Morgan fingerprint density at radius 1 is 1.33 bits per heavy atom. The standard InChI is InChI=1S/C14H19FN2O3S/c1-3-17(4-2)21(19,20)11-7-8-13(15)12(9-11)14(18)16-10-5-6-10/h7-10H,3-6H2,1-2H3,(H,16,18). The molecule has 1 N–H and O–H groups in total. The highest BCUT2D eigenvalue weighted by molar-refractivity contribution is 7.89. The van der Waals surface area contributed by atoms with Crippen LogP contribution in [0.2, 0.25) is 0 Å². The van der Waals surface area contributed by atoms with Crippen LogP contribution in [0.25, 0.3) is 0 Å². The summed E-state index contributed by atoms with van der Waals surface area (Å²) in [6, 6.07) is 3.41. The second-order valence-electron chi connectivity index (χ2n) is 4.98. The van der Waals surface area contributed by atoms with Crippen LogP contribution in [0.5, 0.6) is 0 Å². The third kappa shape index (κ3) is 3.41. The van der Waals surface area contributed by atoms with Gasteiger partial charge in [0.15, 0.2) is 0 Å². The number of carbonyl (C=O) groups is 1. The molecule has 1 fully saturated rings. The van der Waals surface area contributed by atoms with Gasteiger partial charge >= 0.3 is 0 Å². The number of nitrogens with one attached hydrogen (secondary N) is 1. The van der Waals surface area contributed by atoms with E-state index in [0.29, 0.717) is 13.1 Å². The van der Waals surface area contributed by atoms with Crippen LogP contribution in [-0.4, -0.2) is 37.8 Å². The molecule has 116 valence electrons. The second kappa shape index (κ2) is 6.11. The number of hydrogen-bond donors (Lipinski definition) is 1. The average Bonchev–Trinajstić information content (AvgIpc) is 3.23. The molecule has 1 aliphatic carbocycles. The van der Waals surface area contributed by atoms with Crippen LogP contribution in [-0.2, 0) is 10.0 Å². The lowest BCUT2D eigenvalue weighted by molar-refractivity contribution is 0.0947. The van der Waals surface area contributed by atoms with Crippen LogP contribution in [0.4, 0.5) is 4.39 Å². The number of sulfonamides is 1. The fourth-order valence-electron chi connectivity index (χ4n) is 2.04. The quantitative estimate of drug-likeness (QED) is 0.870. The summed E-state index contributed by atoms with van der Waals surface area (Å²) in [5.41, 5.74) is -0.227. The summed E-state index contributed by atoms with van der Waals surface area (Å²) in [5.74, 6) is -1.28. The highest BCUT2D eigenvalue weighted by Gasteiger charge is 2.27. The lowest BCUT2D eigenvalue weighted by atomic mass is 10.2. The van der Waals surface area contributed by atoms with Gasteiger partial charge in [-0.05, 0) is 31.0 Å². The fourth-order valence-corrected chi connectivity index (χ4v) is 3.53. The smallest absolute Gasteiger partial charge is 0.254 e. The molecule has 1 aliphatic rings. The van der Waals surface area contributed by atoms with Gasteiger partial charge in [-0.25, -0.2) is 12.8 Å². The van der Waals surface area contributed by atoms with E-state index in [2.05, 4.69) is 5.32 Å². The second-order valence-corrected chi connectivity index (χ2v) is 6.92. The van der Waals surface area contributed by atoms with Crippen molar-refractivity contribution in [2.75, 3.05) is 13.1 Å².